The summed E-state index contributed by atoms with van der Waals surface area (Å²) in [6.45, 7) is 5.27. The van der Waals surface area contributed by atoms with Crippen molar-refractivity contribution in [2.75, 3.05) is 24.7 Å². The number of nitrogen functional groups attached to an aromatic ring is 1. The minimum atomic E-state index is -4.23. The van der Waals surface area contributed by atoms with Gasteiger partial charge in [-0.05, 0) is 12.8 Å². The molecule has 3 heterocycles. The third-order valence-corrected chi connectivity index (χ3v) is 6.62. The second-order valence-electron chi connectivity index (χ2n) is 7.86. The molecular weight excluding hydrogens is 433 g/mol. The van der Waals surface area contributed by atoms with E-state index in [1.165, 1.54) is 6.33 Å². The lowest BCUT2D eigenvalue weighted by atomic mass is 10.00. The predicted octanol–water partition coefficient (Wildman–Crippen LogP) is 2.53. The van der Waals surface area contributed by atoms with Crippen molar-refractivity contribution < 1.29 is 28.0 Å². The Morgan fingerprint density at radius 3 is 2.87 bits per heavy atom. The van der Waals surface area contributed by atoms with E-state index in [0.717, 1.165) is 11.8 Å². The van der Waals surface area contributed by atoms with E-state index in [1.807, 2.05) is 20.8 Å². The van der Waals surface area contributed by atoms with Crippen molar-refractivity contribution in [3.05, 3.63) is 12.7 Å². The average Bonchev–Trinajstić information content (AvgIpc) is 3.30. The molecule has 166 valence electrons. The van der Waals surface area contributed by atoms with Gasteiger partial charge in [-0.3, -0.25) is 18.4 Å². The van der Waals surface area contributed by atoms with Crippen LogP contribution in [0.5, 0.6) is 0 Å². The Kier molecular flexibility index (Phi) is 7.16. The predicted molar refractivity (Wildman–Crippen MR) is 112 cm³/mol. The minimum absolute atomic E-state index is 0.00996. The summed E-state index contributed by atoms with van der Waals surface area (Å²) >= 11 is 1.06. The number of imidazole rings is 1. The van der Waals surface area contributed by atoms with E-state index >= 15 is 0 Å². The summed E-state index contributed by atoms with van der Waals surface area (Å²) in [5.41, 5.74) is 6.38. The van der Waals surface area contributed by atoms with E-state index in [2.05, 4.69) is 15.0 Å². The second-order valence-corrected chi connectivity index (χ2v) is 10.4. The maximum absolute atomic E-state index is 12.0. The lowest BCUT2D eigenvalue weighted by Gasteiger charge is -2.18. The van der Waals surface area contributed by atoms with Gasteiger partial charge in [0.05, 0.1) is 25.6 Å². The number of rotatable bonds is 8. The molecule has 1 fully saturated rings. The second kappa shape index (κ2) is 9.29. The van der Waals surface area contributed by atoms with Crippen molar-refractivity contribution in [1.82, 2.24) is 19.5 Å². The van der Waals surface area contributed by atoms with Crippen LogP contribution in [-0.2, 0) is 23.1 Å². The number of carbonyl (C=O) groups is 1. The molecule has 0 saturated carbocycles. The van der Waals surface area contributed by atoms with Crippen molar-refractivity contribution in [3.63, 3.8) is 0 Å². The highest BCUT2D eigenvalue weighted by molar-refractivity contribution is 8.13. The zero-order valence-electron chi connectivity index (χ0n) is 17.1. The summed E-state index contributed by atoms with van der Waals surface area (Å²) in [5.74, 6) is 0.558. The highest BCUT2D eigenvalue weighted by Gasteiger charge is 2.31. The zero-order chi connectivity index (χ0) is 21.9. The van der Waals surface area contributed by atoms with Crippen LogP contribution in [0, 0.1) is 5.41 Å². The van der Waals surface area contributed by atoms with Crippen LogP contribution in [0.25, 0.3) is 11.2 Å². The fraction of sp³-hybridized carbons (Fsp3) is 0.647. The first kappa shape index (κ1) is 23.1. The Hall–Kier alpha value is -1.56. The normalized spacial score (nSPS) is 21.7. The fourth-order valence-electron chi connectivity index (χ4n) is 2.81. The maximum Gasteiger partial charge on any atom is 0.472 e. The number of nitrogens with two attached hydrogens (primary N) is 1. The fourth-order valence-corrected chi connectivity index (χ4v) is 4.47. The van der Waals surface area contributed by atoms with Crippen molar-refractivity contribution >= 4 is 41.7 Å². The molecule has 0 spiro atoms. The van der Waals surface area contributed by atoms with Gasteiger partial charge in [0.2, 0.25) is 0 Å². The Labute approximate surface area is 178 Å². The Morgan fingerprint density at radius 1 is 1.37 bits per heavy atom. The lowest BCUT2D eigenvalue weighted by molar-refractivity contribution is -0.117. The third kappa shape index (κ3) is 5.77. The topological polar surface area (TPSA) is 152 Å². The zero-order valence-corrected chi connectivity index (χ0v) is 18.8. The van der Waals surface area contributed by atoms with Crippen LogP contribution < -0.4 is 5.73 Å². The minimum Gasteiger partial charge on any atom is -0.382 e. The first-order chi connectivity index (χ1) is 14.1. The van der Waals surface area contributed by atoms with Crippen molar-refractivity contribution in [2.24, 2.45) is 5.41 Å². The molecule has 3 atom stereocenters. The van der Waals surface area contributed by atoms with Gasteiger partial charge in [0.15, 0.2) is 16.6 Å². The summed E-state index contributed by atoms with van der Waals surface area (Å²) in [6, 6.07) is 0. The number of hydrogen-bond donors (Lipinski definition) is 2. The van der Waals surface area contributed by atoms with Crippen LogP contribution in [0.3, 0.4) is 0 Å². The van der Waals surface area contributed by atoms with Crippen LogP contribution in [-0.4, -0.2) is 54.6 Å². The number of phosphoric acid groups is 1. The van der Waals surface area contributed by atoms with Crippen LogP contribution in [0.4, 0.5) is 5.82 Å². The van der Waals surface area contributed by atoms with E-state index < -0.39 is 13.2 Å². The summed E-state index contributed by atoms with van der Waals surface area (Å²) in [5, 5.41) is -0.00996. The average molecular weight is 459 g/mol. The number of ether oxygens (including phenoxy) is 1. The third-order valence-electron chi connectivity index (χ3n) is 4.39. The molecule has 3 unspecified atom stereocenters. The van der Waals surface area contributed by atoms with E-state index in [9.17, 15) is 14.3 Å². The molecule has 2 aromatic rings. The molecule has 13 heteroatoms. The van der Waals surface area contributed by atoms with E-state index in [1.54, 1.807) is 10.9 Å². The van der Waals surface area contributed by atoms with Gasteiger partial charge in [-0.1, -0.05) is 32.5 Å². The van der Waals surface area contributed by atoms with Gasteiger partial charge in [0.25, 0.3) is 0 Å². The molecule has 0 amide bonds. The van der Waals surface area contributed by atoms with Gasteiger partial charge >= 0.3 is 7.82 Å². The molecule has 1 aliphatic heterocycles. The summed E-state index contributed by atoms with van der Waals surface area (Å²) in [6.07, 6.45) is 3.51. The van der Waals surface area contributed by atoms with Crippen molar-refractivity contribution in [2.45, 2.75) is 45.9 Å². The molecule has 2 aromatic heterocycles. The number of anilines is 1. The Morgan fingerprint density at radius 2 is 2.13 bits per heavy atom. The molecule has 0 bridgehead atoms. The first-order valence-electron chi connectivity index (χ1n) is 9.44. The molecule has 11 nitrogen and oxygen atoms in total. The summed E-state index contributed by atoms with van der Waals surface area (Å²) in [7, 11) is -4.23. The van der Waals surface area contributed by atoms with Crippen LogP contribution >= 0.6 is 19.6 Å². The molecular formula is C17H26N5O6PS. The van der Waals surface area contributed by atoms with Gasteiger partial charge in [0.1, 0.15) is 18.1 Å². The van der Waals surface area contributed by atoms with Gasteiger partial charge in [-0.25, -0.2) is 19.5 Å². The number of thioether (sulfide) groups is 1. The number of carbonyl (C=O) groups excluding carboxylic acids is 1. The standard InChI is InChI=1S/C17H26N5O6PS/c1-17(2,3)16(23)30-7-6-26-29(24,25)27-8-11-4-5-12(28-11)22-10-21-13-14(18)19-9-20-15(13)22/h9-12H,4-8H2,1-3H3,(H,24,25)(H2,18,19,20). The number of hydrogen-bond acceptors (Lipinski definition) is 10. The van der Waals surface area contributed by atoms with Gasteiger partial charge in [-0.2, -0.15) is 0 Å². The molecule has 0 aliphatic carbocycles. The van der Waals surface area contributed by atoms with E-state index in [4.69, 9.17) is 19.5 Å². The SMILES string of the molecule is CC(C)(C)C(=O)SCCOP(=O)(O)OCC1CCC(n2cnc3c(N)ncnc32)O1. The van der Waals surface area contributed by atoms with Gasteiger partial charge < -0.3 is 15.4 Å². The smallest absolute Gasteiger partial charge is 0.382 e. The number of nitrogens with zero attached hydrogens (tertiary/aromatic N) is 4. The molecule has 1 saturated heterocycles. The van der Waals surface area contributed by atoms with Crippen molar-refractivity contribution in [3.8, 4) is 0 Å². The highest BCUT2D eigenvalue weighted by atomic mass is 32.2. The summed E-state index contributed by atoms with van der Waals surface area (Å²) in [4.78, 5) is 34.0. The monoisotopic (exact) mass is 459 g/mol. The van der Waals surface area contributed by atoms with E-state index in [0.29, 0.717) is 24.0 Å². The molecule has 3 rings (SSSR count). The number of fused-ring (bicyclic) bond motifs is 1. The Balaban J connectivity index is 1.44. The van der Waals surface area contributed by atoms with Crippen LogP contribution in [0.2, 0.25) is 0 Å². The van der Waals surface area contributed by atoms with Crippen LogP contribution in [0.15, 0.2) is 12.7 Å². The highest BCUT2D eigenvalue weighted by Crippen LogP contribution is 2.44. The molecule has 0 aromatic carbocycles. The molecule has 3 N–H and O–H groups in total. The maximum atomic E-state index is 12.0. The Bertz CT molecular complexity index is 948. The molecule has 0 radical (unpaired) electrons. The first-order valence-corrected chi connectivity index (χ1v) is 11.9. The quantitative estimate of drug-likeness (QED) is 0.442. The summed E-state index contributed by atoms with van der Waals surface area (Å²) < 4.78 is 29.7. The number of aromatic nitrogens is 4. The number of phosphoric ester groups is 1. The van der Waals surface area contributed by atoms with Gasteiger partial charge in [0, 0.05) is 11.2 Å². The van der Waals surface area contributed by atoms with E-state index in [-0.39, 0.29) is 42.2 Å². The van der Waals surface area contributed by atoms with Gasteiger partial charge in [-0.15, -0.1) is 0 Å². The largest absolute Gasteiger partial charge is 0.472 e. The molecule has 1 aliphatic rings. The van der Waals surface area contributed by atoms with Crippen molar-refractivity contribution in [1.29, 1.82) is 0 Å². The molecule has 30 heavy (non-hydrogen) atoms. The lowest BCUT2D eigenvalue weighted by Crippen LogP contribution is -2.18. The van der Waals surface area contributed by atoms with Crippen LogP contribution in [0.1, 0.15) is 39.8 Å².